The molecular formula is C22H24ClN3O4. The van der Waals surface area contributed by atoms with Crippen molar-refractivity contribution in [3.8, 4) is 17.3 Å². The number of imidazole rings is 1. The highest BCUT2D eigenvalue weighted by Gasteiger charge is 2.27. The molecule has 1 aromatic carbocycles. The zero-order chi connectivity index (χ0) is 21.3. The number of carboxylic acid groups (broad SMARTS) is 1. The summed E-state index contributed by atoms with van der Waals surface area (Å²) in [6.45, 7) is 1.99. The molecule has 8 heteroatoms. The molecule has 2 aromatic heterocycles. The van der Waals surface area contributed by atoms with Crippen molar-refractivity contribution in [2.75, 3.05) is 7.11 Å². The molecule has 1 saturated carbocycles. The number of nitrogens with zero attached hydrogens (tertiary/aromatic N) is 2. The van der Waals surface area contributed by atoms with E-state index in [2.05, 4.69) is 15.0 Å². The topological polar surface area (TPSA) is 97.3 Å². The van der Waals surface area contributed by atoms with Crippen LogP contribution in [0.1, 0.15) is 44.3 Å². The summed E-state index contributed by atoms with van der Waals surface area (Å²) >= 11 is 6.48. The van der Waals surface area contributed by atoms with Crippen molar-refractivity contribution in [1.82, 2.24) is 15.0 Å². The molecule has 1 aliphatic carbocycles. The summed E-state index contributed by atoms with van der Waals surface area (Å²) in [5.74, 6) is -1.00. The van der Waals surface area contributed by atoms with Gasteiger partial charge in [-0.2, -0.15) is 4.98 Å². The van der Waals surface area contributed by atoms with Gasteiger partial charge >= 0.3 is 5.97 Å². The third-order valence-corrected chi connectivity index (χ3v) is 6.00. The fourth-order valence-electron chi connectivity index (χ4n) is 3.79. The standard InChI is InChI=1S/C22H24ClN3O4/c1-12(29-2)13-3-5-14(6-4-13)19-17(23)11-18-20(25-19)26-22(24-18)30-16-9-7-15(8-10-16)21(27)28/h3-6,11-12,15-16H,7-10H2,1-2H3,(H,27,28)(H,24,25,26). The van der Waals surface area contributed by atoms with Crippen LogP contribution in [0.4, 0.5) is 0 Å². The van der Waals surface area contributed by atoms with E-state index in [0.29, 0.717) is 53.6 Å². The number of hydrogen-bond acceptors (Lipinski definition) is 5. The van der Waals surface area contributed by atoms with Gasteiger partial charge in [0.15, 0.2) is 5.65 Å². The van der Waals surface area contributed by atoms with Crippen molar-refractivity contribution in [2.45, 2.75) is 44.8 Å². The molecule has 7 nitrogen and oxygen atoms in total. The highest BCUT2D eigenvalue weighted by molar-refractivity contribution is 6.33. The smallest absolute Gasteiger partial charge is 0.306 e. The summed E-state index contributed by atoms with van der Waals surface area (Å²) < 4.78 is 11.3. The Morgan fingerprint density at radius 1 is 1.20 bits per heavy atom. The second kappa shape index (κ2) is 8.62. The van der Waals surface area contributed by atoms with Crippen molar-refractivity contribution in [1.29, 1.82) is 0 Å². The van der Waals surface area contributed by atoms with E-state index in [-0.39, 0.29) is 18.1 Å². The van der Waals surface area contributed by atoms with Crippen LogP contribution in [0.2, 0.25) is 5.02 Å². The second-order valence-corrected chi connectivity index (χ2v) is 8.07. The number of carbonyl (C=O) groups is 1. The molecule has 4 rings (SSSR count). The molecule has 2 N–H and O–H groups in total. The van der Waals surface area contributed by atoms with Crippen molar-refractivity contribution in [3.05, 3.63) is 40.9 Å². The first kappa shape index (κ1) is 20.6. The van der Waals surface area contributed by atoms with Gasteiger partial charge in [-0.25, -0.2) is 4.98 Å². The number of methoxy groups -OCH3 is 1. The number of H-pyrrole nitrogens is 1. The van der Waals surface area contributed by atoms with E-state index in [1.165, 1.54) is 0 Å². The SMILES string of the molecule is COC(C)c1ccc(-c2nc3nc(OC4CCC(C(=O)O)CC4)[nH]c3cc2Cl)cc1. The van der Waals surface area contributed by atoms with E-state index in [4.69, 9.17) is 26.2 Å². The average molecular weight is 430 g/mol. The number of ether oxygens (including phenoxy) is 2. The lowest BCUT2D eigenvalue weighted by Gasteiger charge is -2.25. The number of pyridine rings is 1. The molecule has 0 spiro atoms. The predicted octanol–water partition coefficient (Wildman–Crippen LogP) is 5.01. The maximum atomic E-state index is 11.1. The molecular weight excluding hydrogens is 406 g/mol. The Kier molecular flexibility index (Phi) is 5.92. The Balaban J connectivity index is 1.52. The molecule has 30 heavy (non-hydrogen) atoms. The average Bonchev–Trinajstić information content (AvgIpc) is 3.14. The molecule has 3 aromatic rings. The van der Waals surface area contributed by atoms with E-state index in [1.807, 2.05) is 31.2 Å². The third kappa shape index (κ3) is 4.27. The van der Waals surface area contributed by atoms with Gasteiger partial charge in [0.1, 0.15) is 6.10 Å². The lowest BCUT2D eigenvalue weighted by Crippen LogP contribution is -2.28. The number of benzene rings is 1. The van der Waals surface area contributed by atoms with Gasteiger partial charge < -0.3 is 19.6 Å². The lowest BCUT2D eigenvalue weighted by molar-refractivity contribution is -0.143. The molecule has 0 radical (unpaired) electrons. The largest absolute Gasteiger partial charge is 0.481 e. The summed E-state index contributed by atoms with van der Waals surface area (Å²) in [7, 11) is 1.68. The normalized spacial score (nSPS) is 20.2. The van der Waals surface area contributed by atoms with Crippen LogP contribution in [0.3, 0.4) is 0 Å². The number of hydrogen-bond donors (Lipinski definition) is 2. The second-order valence-electron chi connectivity index (χ2n) is 7.66. The highest BCUT2D eigenvalue weighted by atomic mass is 35.5. The monoisotopic (exact) mass is 429 g/mol. The fraction of sp³-hybridized carbons (Fsp3) is 0.409. The Hall–Kier alpha value is -2.64. The van der Waals surface area contributed by atoms with Crippen LogP contribution in [0.25, 0.3) is 22.4 Å². The molecule has 0 aliphatic heterocycles. The van der Waals surface area contributed by atoms with Crippen LogP contribution < -0.4 is 4.74 Å². The minimum Gasteiger partial charge on any atom is -0.481 e. The van der Waals surface area contributed by atoms with Gasteiger partial charge in [-0.3, -0.25) is 4.79 Å². The van der Waals surface area contributed by atoms with E-state index < -0.39 is 5.97 Å². The van der Waals surface area contributed by atoms with Gasteiger partial charge in [0.25, 0.3) is 6.01 Å². The number of nitrogens with one attached hydrogen (secondary N) is 1. The maximum absolute atomic E-state index is 11.1. The van der Waals surface area contributed by atoms with Gasteiger partial charge in [-0.1, -0.05) is 35.9 Å². The summed E-state index contributed by atoms with van der Waals surface area (Å²) in [6, 6.07) is 10.1. The Morgan fingerprint density at radius 3 is 2.53 bits per heavy atom. The van der Waals surface area contributed by atoms with E-state index >= 15 is 0 Å². The number of aromatic nitrogens is 3. The van der Waals surface area contributed by atoms with Crippen molar-refractivity contribution in [2.24, 2.45) is 5.92 Å². The first-order valence-corrected chi connectivity index (χ1v) is 10.4. The molecule has 2 heterocycles. The molecule has 1 aliphatic rings. The number of halogens is 1. The number of aliphatic carboxylic acids is 1. The summed E-state index contributed by atoms with van der Waals surface area (Å²) in [5.41, 5.74) is 3.85. The number of fused-ring (bicyclic) bond motifs is 1. The van der Waals surface area contributed by atoms with Crippen molar-refractivity contribution >= 4 is 28.7 Å². The molecule has 0 saturated heterocycles. The van der Waals surface area contributed by atoms with Gasteiger partial charge in [0.05, 0.1) is 28.3 Å². The van der Waals surface area contributed by atoms with Gasteiger partial charge in [0, 0.05) is 12.7 Å². The zero-order valence-corrected chi connectivity index (χ0v) is 17.6. The van der Waals surface area contributed by atoms with Gasteiger partial charge in [-0.05, 0) is 44.2 Å². The minimum absolute atomic E-state index is 0.0153. The molecule has 1 atom stereocenters. The Bertz CT molecular complexity index is 1040. The van der Waals surface area contributed by atoms with Crippen molar-refractivity contribution < 1.29 is 19.4 Å². The van der Waals surface area contributed by atoms with Crippen LogP contribution >= 0.6 is 11.6 Å². The number of carboxylic acids is 1. The van der Waals surface area contributed by atoms with Crippen LogP contribution in [0.15, 0.2) is 30.3 Å². The molecule has 1 fully saturated rings. The Morgan fingerprint density at radius 2 is 1.90 bits per heavy atom. The zero-order valence-electron chi connectivity index (χ0n) is 16.9. The number of rotatable bonds is 6. The molecule has 158 valence electrons. The number of aromatic amines is 1. The van der Waals surface area contributed by atoms with E-state index in [9.17, 15) is 4.79 Å². The quantitative estimate of drug-likeness (QED) is 0.571. The summed E-state index contributed by atoms with van der Waals surface area (Å²) in [4.78, 5) is 23.3. The van der Waals surface area contributed by atoms with E-state index in [1.54, 1.807) is 13.2 Å². The first-order valence-electron chi connectivity index (χ1n) is 10.0. The Labute approximate surface area is 179 Å². The fourth-order valence-corrected chi connectivity index (χ4v) is 4.05. The molecule has 0 bridgehead atoms. The van der Waals surface area contributed by atoms with Crippen molar-refractivity contribution in [3.63, 3.8) is 0 Å². The third-order valence-electron chi connectivity index (χ3n) is 5.71. The minimum atomic E-state index is -0.728. The summed E-state index contributed by atoms with van der Waals surface area (Å²) in [5, 5.41) is 9.64. The first-order chi connectivity index (χ1) is 14.4. The summed E-state index contributed by atoms with van der Waals surface area (Å²) in [6.07, 6.45) is 2.59. The van der Waals surface area contributed by atoms with Crippen LogP contribution in [0.5, 0.6) is 6.01 Å². The maximum Gasteiger partial charge on any atom is 0.306 e. The van der Waals surface area contributed by atoms with Crippen LogP contribution in [-0.4, -0.2) is 39.2 Å². The van der Waals surface area contributed by atoms with Crippen LogP contribution in [0, 0.1) is 5.92 Å². The van der Waals surface area contributed by atoms with Gasteiger partial charge in [-0.15, -0.1) is 0 Å². The lowest BCUT2D eigenvalue weighted by atomic mass is 9.87. The molecule has 1 unspecified atom stereocenters. The van der Waals surface area contributed by atoms with Crippen LogP contribution in [-0.2, 0) is 9.53 Å². The predicted molar refractivity (Wildman–Crippen MR) is 114 cm³/mol. The molecule has 0 amide bonds. The highest BCUT2D eigenvalue weighted by Crippen LogP contribution is 2.32. The van der Waals surface area contributed by atoms with Gasteiger partial charge in [0.2, 0.25) is 0 Å². The van der Waals surface area contributed by atoms with E-state index in [0.717, 1.165) is 11.1 Å².